The van der Waals surface area contributed by atoms with Gasteiger partial charge in [0.05, 0.1) is 28.9 Å². The summed E-state index contributed by atoms with van der Waals surface area (Å²) in [6, 6.07) is 13.7. The molecule has 1 saturated heterocycles. The number of thiazole rings is 1. The molecular formula is C21H17N5O2S2. The maximum atomic E-state index is 13.2. The van der Waals surface area contributed by atoms with Crippen LogP contribution in [0.25, 0.3) is 10.7 Å². The fraction of sp³-hybridized carbons (Fsp3) is 0.190. The van der Waals surface area contributed by atoms with Gasteiger partial charge in [-0.05, 0) is 43.3 Å². The fourth-order valence-corrected chi connectivity index (χ4v) is 5.19. The van der Waals surface area contributed by atoms with Crippen molar-refractivity contribution in [3.63, 3.8) is 0 Å². The quantitative estimate of drug-likeness (QED) is 0.673. The zero-order chi connectivity index (χ0) is 21.1. The van der Waals surface area contributed by atoms with Crippen LogP contribution in [0.4, 0.5) is 5.69 Å². The molecule has 2 aromatic heterocycles. The molecule has 2 amide bonds. The van der Waals surface area contributed by atoms with Crippen molar-refractivity contribution >= 4 is 40.6 Å². The minimum absolute atomic E-state index is 0.197. The molecule has 0 saturated carbocycles. The molecule has 0 aliphatic carbocycles. The van der Waals surface area contributed by atoms with Crippen molar-refractivity contribution in [1.82, 2.24) is 14.9 Å². The van der Waals surface area contributed by atoms with Crippen LogP contribution in [0.5, 0.6) is 0 Å². The van der Waals surface area contributed by atoms with Gasteiger partial charge in [0, 0.05) is 17.6 Å². The van der Waals surface area contributed by atoms with Gasteiger partial charge in [0.25, 0.3) is 5.91 Å². The Bertz CT molecular complexity index is 1120. The van der Waals surface area contributed by atoms with Gasteiger partial charge in [0.15, 0.2) is 0 Å². The number of benzene rings is 1. The van der Waals surface area contributed by atoms with Crippen molar-refractivity contribution < 1.29 is 9.59 Å². The predicted molar refractivity (Wildman–Crippen MR) is 117 cm³/mol. The molecule has 0 spiro atoms. The fourth-order valence-electron chi connectivity index (χ4n) is 3.04. The van der Waals surface area contributed by atoms with Crippen molar-refractivity contribution in [1.29, 1.82) is 5.26 Å². The molecule has 1 aliphatic rings. The second-order valence-electron chi connectivity index (χ2n) is 6.62. The highest BCUT2D eigenvalue weighted by molar-refractivity contribution is 7.99. The van der Waals surface area contributed by atoms with E-state index in [9.17, 15) is 9.59 Å². The Hall–Kier alpha value is -3.22. The van der Waals surface area contributed by atoms with Crippen LogP contribution in [0.15, 0.2) is 48.7 Å². The maximum Gasteiger partial charge on any atom is 0.267 e. The number of hydrogen-bond donors (Lipinski definition) is 1. The molecule has 3 aromatic rings. The third-order valence-electron chi connectivity index (χ3n) is 4.60. The minimum Gasteiger partial charge on any atom is -0.324 e. The Morgan fingerprint density at radius 2 is 2.03 bits per heavy atom. The molecule has 30 heavy (non-hydrogen) atoms. The highest BCUT2D eigenvalue weighted by Gasteiger charge is 2.36. The highest BCUT2D eigenvalue weighted by atomic mass is 32.2. The van der Waals surface area contributed by atoms with Gasteiger partial charge in [0.2, 0.25) is 5.91 Å². The van der Waals surface area contributed by atoms with Gasteiger partial charge >= 0.3 is 0 Å². The van der Waals surface area contributed by atoms with E-state index < -0.39 is 6.04 Å². The summed E-state index contributed by atoms with van der Waals surface area (Å²) in [4.78, 5) is 36.9. The smallest absolute Gasteiger partial charge is 0.267 e. The van der Waals surface area contributed by atoms with Crippen LogP contribution >= 0.6 is 23.1 Å². The summed E-state index contributed by atoms with van der Waals surface area (Å²) >= 11 is 2.83. The Labute approximate surface area is 181 Å². The zero-order valence-electron chi connectivity index (χ0n) is 16.0. The van der Waals surface area contributed by atoms with Gasteiger partial charge in [-0.15, -0.1) is 23.1 Å². The van der Waals surface area contributed by atoms with Gasteiger partial charge in [-0.2, -0.15) is 5.26 Å². The van der Waals surface area contributed by atoms with E-state index in [1.807, 2.05) is 24.3 Å². The summed E-state index contributed by atoms with van der Waals surface area (Å²) in [5.74, 6) is 0.529. The van der Waals surface area contributed by atoms with E-state index in [-0.39, 0.29) is 11.8 Å². The van der Waals surface area contributed by atoms with E-state index >= 15 is 0 Å². The molecule has 1 aromatic carbocycles. The first-order valence-electron chi connectivity index (χ1n) is 9.15. The molecular weight excluding hydrogens is 418 g/mol. The lowest BCUT2D eigenvalue weighted by molar-refractivity contribution is -0.119. The van der Waals surface area contributed by atoms with Crippen molar-refractivity contribution in [2.75, 3.05) is 16.9 Å². The van der Waals surface area contributed by atoms with Crippen LogP contribution in [0.2, 0.25) is 0 Å². The number of nitrogens with one attached hydrogen (secondary N) is 1. The molecule has 150 valence electrons. The van der Waals surface area contributed by atoms with E-state index in [0.717, 1.165) is 5.69 Å². The van der Waals surface area contributed by atoms with Gasteiger partial charge in [-0.3, -0.25) is 14.6 Å². The van der Waals surface area contributed by atoms with Crippen molar-refractivity contribution in [3.8, 4) is 16.8 Å². The number of amides is 2. The van der Waals surface area contributed by atoms with E-state index in [1.54, 1.807) is 54.0 Å². The number of carbonyl (C=O) groups is 2. The predicted octanol–water partition coefficient (Wildman–Crippen LogP) is 3.54. The second-order valence-corrected chi connectivity index (χ2v) is 8.62. The van der Waals surface area contributed by atoms with Gasteiger partial charge in [-0.1, -0.05) is 6.07 Å². The monoisotopic (exact) mass is 435 g/mol. The summed E-state index contributed by atoms with van der Waals surface area (Å²) in [6.45, 7) is 1.80. The van der Waals surface area contributed by atoms with E-state index in [2.05, 4.69) is 15.3 Å². The van der Waals surface area contributed by atoms with Crippen LogP contribution in [-0.2, 0) is 4.79 Å². The standard InChI is InChI=1S/C21H17N5O2S2/c1-13-18(30-20(24-13)16-4-2-3-9-23-16)21(28)26-12-29-11-17(26)19(27)25-15-7-5-14(10-22)6-8-15/h2-9,17H,11-12H2,1H3,(H,25,27). The van der Waals surface area contributed by atoms with Crippen molar-refractivity contribution in [2.24, 2.45) is 0 Å². The number of carbonyl (C=O) groups excluding carboxylic acids is 2. The summed E-state index contributed by atoms with van der Waals surface area (Å²) in [5, 5.41) is 12.4. The number of hydrogen-bond acceptors (Lipinski definition) is 7. The summed E-state index contributed by atoms with van der Waals surface area (Å²) in [5.41, 5.74) is 2.46. The Morgan fingerprint density at radius 3 is 2.73 bits per heavy atom. The maximum absolute atomic E-state index is 13.2. The number of rotatable bonds is 4. The molecule has 0 bridgehead atoms. The SMILES string of the molecule is Cc1nc(-c2ccccn2)sc1C(=O)N1CSCC1C(=O)Nc1ccc(C#N)cc1. The molecule has 4 rings (SSSR count). The third-order valence-corrected chi connectivity index (χ3v) is 6.78. The largest absolute Gasteiger partial charge is 0.324 e. The number of nitriles is 1. The number of thioether (sulfide) groups is 1. The van der Waals surface area contributed by atoms with Gasteiger partial charge in [0.1, 0.15) is 15.9 Å². The molecule has 9 heteroatoms. The Morgan fingerprint density at radius 1 is 1.23 bits per heavy atom. The summed E-state index contributed by atoms with van der Waals surface area (Å²) in [6.07, 6.45) is 1.69. The first-order valence-corrected chi connectivity index (χ1v) is 11.1. The number of anilines is 1. The zero-order valence-corrected chi connectivity index (χ0v) is 17.7. The van der Waals surface area contributed by atoms with E-state index in [4.69, 9.17) is 5.26 Å². The average molecular weight is 436 g/mol. The molecule has 1 aliphatic heterocycles. The van der Waals surface area contributed by atoms with Crippen LogP contribution in [-0.4, -0.2) is 44.4 Å². The average Bonchev–Trinajstić information content (AvgIpc) is 3.41. The van der Waals surface area contributed by atoms with Crippen molar-refractivity contribution in [2.45, 2.75) is 13.0 Å². The molecule has 3 heterocycles. The van der Waals surface area contributed by atoms with Crippen LogP contribution < -0.4 is 5.32 Å². The lowest BCUT2D eigenvalue weighted by Crippen LogP contribution is -2.44. The minimum atomic E-state index is -0.571. The van der Waals surface area contributed by atoms with Gasteiger partial charge in [-0.25, -0.2) is 4.98 Å². The highest BCUT2D eigenvalue weighted by Crippen LogP contribution is 2.31. The molecule has 7 nitrogen and oxygen atoms in total. The third kappa shape index (κ3) is 4.06. The van der Waals surface area contributed by atoms with Crippen LogP contribution in [0, 0.1) is 18.3 Å². The number of aromatic nitrogens is 2. The molecule has 1 N–H and O–H groups in total. The lowest BCUT2D eigenvalue weighted by Gasteiger charge is -2.22. The lowest BCUT2D eigenvalue weighted by atomic mass is 10.2. The first-order chi connectivity index (χ1) is 14.6. The second kappa shape index (κ2) is 8.65. The number of aryl methyl sites for hydroxylation is 1. The number of pyridine rings is 1. The van der Waals surface area contributed by atoms with E-state index in [0.29, 0.717) is 38.5 Å². The van der Waals surface area contributed by atoms with Crippen LogP contribution in [0.3, 0.4) is 0 Å². The molecule has 1 fully saturated rings. The summed E-state index contributed by atoms with van der Waals surface area (Å²) in [7, 11) is 0. The summed E-state index contributed by atoms with van der Waals surface area (Å²) < 4.78 is 0. The van der Waals surface area contributed by atoms with Crippen LogP contribution in [0.1, 0.15) is 20.9 Å². The molecule has 1 atom stereocenters. The molecule has 1 unspecified atom stereocenters. The Balaban J connectivity index is 1.51. The first kappa shape index (κ1) is 20.1. The van der Waals surface area contributed by atoms with E-state index in [1.165, 1.54) is 11.3 Å². The normalized spacial score (nSPS) is 15.6. The Kier molecular flexibility index (Phi) is 5.79. The number of nitrogens with zero attached hydrogens (tertiary/aromatic N) is 4. The van der Waals surface area contributed by atoms with Crippen molar-refractivity contribution in [3.05, 3.63) is 64.8 Å². The molecule has 0 radical (unpaired) electrons. The topological polar surface area (TPSA) is 99.0 Å². The van der Waals surface area contributed by atoms with Gasteiger partial charge < -0.3 is 10.2 Å².